The van der Waals surface area contributed by atoms with Crippen LogP contribution in [0.15, 0.2) is 54.6 Å². The van der Waals surface area contributed by atoms with E-state index in [1.807, 2.05) is 30.3 Å². The predicted octanol–water partition coefficient (Wildman–Crippen LogP) is 2.79. The van der Waals surface area contributed by atoms with Gasteiger partial charge in [-0.1, -0.05) is 42.5 Å². The molecule has 0 radical (unpaired) electrons. The minimum absolute atomic E-state index is 0.142. The lowest BCUT2D eigenvalue weighted by Gasteiger charge is -2.20. The van der Waals surface area contributed by atoms with Crippen LogP contribution in [0.25, 0.3) is 0 Å². The van der Waals surface area contributed by atoms with E-state index in [0.29, 0.717) is 11.5 Å². The van der Waals surface area contributed by atoms with Gasteiger partial charge in [0.2, 0.25) is 0 Å². The summed E-state index contributed by atoms with van der Waals surface area (Å²) in [6.07, 6.45) is -0.655. The molecule has 0 aliphatic carbocycles. The van der Waals surface area contributed by atoms with Gasteiger partial charge >= 0.3 is 6.09 Å². The molecule has 6 nitrogen and oxygen atoms in total. The molecule has 0 spiro atoms. The lowest BCUT2D eigenvalue weighted by molar-refractivity contribution is -0.131. The molecule has 1 fully saturated rings. The number of cyclic esters (lactones) is 1. The Labute approximate surface area is 139 Å². The van der Waals surface area contributed by atoms with Crippen LogP contribution in [0.3, 0.4) is 0 Å². The molecule has 0 saturated carbocycles. The van der Waals surface area contributed by atoms with Crippen LogP contribution in [0.5, 0.6) is 11.5 Å². The molecule has 1 aliphatic heterocycles. The van der Waals surface area contributed by atoms with Gasteiger partial charge < -0.3 is 14.2 Å². The fourth-order valence-electron chi connectivity index (χ4n) is 2.56. The maximum absolute atomic E-state index is 12.5. The number of carbonyl (C=O) groups excluding carboxylic acids is 2. The largest absolute Gasteiger partial charge is 0.493 e. The van der Waals surface area contributed by atoms with E-state index in [9.17, 15) is 9.59 Å². The van der Waals surface area contributed by atoms with Crippen molar-refractivity contribution in [1.29, 1.82) is 0 Å². The topological polar surface area (TPSA) is 65.1 Å². The van der Waals surface area contributed by atoms with Crippen molar-refractivity contribution in [3.63, 3.8) is 0 Å². The summed E-state index contributed by atoms with van der Waals surface area (Å²) in [5, 5.41) is 0. The average molecular weight is 327 g/mol. The maximum atomic E-state index is 12.5. The lowest BCUT2D eigenvalue weighted by atomic mass is 10.1. The zero-order chi connectivity index (χ0) is 16.9. The second-order valence-corrected chi connectivity index (χ2v) is 5.21. The van der Waals surface area contributed by atoms with Crippen molar-refractivity contribution in [1.82, 2.24) is 4.90 Å². The number of hydrogen-bond acceptors (Lipinski definition) is 5. The molecule has 2 amide bonds. The molecule has 1 aliphatic rings. The Bertz CT molecular complexity index is 731. The van der Waals surface area contributed by atoms with E-state index in [0.717, 1.165) is 10.5 Å². The fourth-order valence-corrected chi connectivity index (χ4v) is 2.56. The number of carbonyl (C=O) groups is 2. The number of hydrogen-bond donors (Lipinski definition) is 0. The predicted molar refractivity (Wildman–Crippen MR) is 85.9 cm³/mol. The third kappa shape index (κ3) is 3.17. The summed E-state index contributed by atoms with van der Waals surface area (Å²) in [5.74, 6) is 0.503. The van der Waals surface area contributed by atoms with Crippen LogP contribution in [-0.4, -0.2) is 37.2 Å². The Hall–Kier alpha value is -3.02. The van der Waals surface area contributed by atoms with Crippen LogP contribution in [-0.2, 0) is 9.53 Å². The molecular formula is C18H17NO5. The van der Waals surface area contributed by atoms with Gasteiger partial charge in [0.05, 0.1) is 7.11 Å². The molecule has 3 rings (SSSR count). The standard InChI is InChI=1S/C18H17NO5/c1-22-15-9-5-6-10-16(15)23-12-17(20)19-14(11-24-18(19)21)13-7-3-2-4-8-13/h2-10,14H,11-12H2,1H3/t14-/m0/s1. The first-order chi connectivity index (χ1) is 11.7. The zero-order valence-corrected chi connectivity index (χ0v) is 13.2. The molecule has 0 aromatic heterocycles. The molecule has 1 heterocycles. The van der Waals surface area contributed by atoms with Crippen molar-refractivity contribution in [3.8, 4) is 11.5 Å². The number of nitrogens with zero attached hydrogens (tertiary/aromatic N) is 1. The van der Waals surface area contributed by atoms with Gasteiger partial charge in [0.25, 0.3) is 5.91 Å². The second-order valence-electron chi connectivity index (χ2n) is 5.21. The molecule has 0 unspecified atom stereocenters. The van der Waals surface area contributed by atoms with Crippen molar-refractivity contribution < 1.29 is 23.8 Å². The SMILES string of the molecule is COc1ccccc1OCC(=O)N1C(=O)OC[C@H]1c1ccccc1. The van der Waals surface area contributed by atoms with Crippen LogP contribution in [0.4, 0.5) is 4.79 Å². The monoisotopic (exact) mass is 327 g/mol. The molecule has 2 aromatic rings. The Morgan fingerprint density at radius 1 is 1.12 bits per heavy atom. The molecule has 2 aromatic carbocycles. The first-order valence-corrected chi connectivity index (χ1v) is 7.50. The normalized spacial score (nSPS) is 16.6. The molecule has 1 saturated heterocycles. The molecule has 24 heavy (non-hydrogen) atoms. The minimum atomic E-state index is -0.655. The maximum Gasteiger partial charge on any atom is 0.417 e. The number of methoxy groups -OCH3 is 1. The Balaban J connectivity index is 1.72. The van der Waals surface area contributed by atoms with E-state index in [4.69, 9.17) is 14.2 Å². The summed E-state index contributed by atoms with van der Waals surface area (Å²) in [7, 11) is 1.52. The summed E-state index contributed by atoms with van der Waals surface area (Å²) >= 11 is 0. The minimum Gasteiger partial charge on any atom is -0.493 e. The first-order valence-electron chi connectivity index (χ1n) is 7.50. The number of imide groups is 1. The van der Waals surface area contributed by atoms with Gasteiger partial charge in [-0.25, -0.2) is 9.69 Å². The summed E-state index contributed by atoms with van der Waals surface area (Å²) < 4.78 is 15.7. The van der Waals surface area contributed by atoms with Crippen LogP contribution in [0, 0.1) is 0 Å². The Morgan fingerprint density at radius 3 is 2.50 bits per heavy atom. The van der Waals surface area contributed by atoms with Gasteiger partial charge in [0.15, 0.2) is 18.1 Å². The summed E-state index contributed by atoms with van der Waals surface area (Å²) in [6.45, 7) is -0.137. The lowest BCUT2D eigenvalue weighted by Crippen LogP contribution is -2.37. The number of amides is 2. The quantitative estimate of drug-likeness (QED) is 0.845. The summed E-state index contributed by atoms with van der Waals surface area (Å²) in [6, 6.07) is 15.9. The van der Waals surface area contributed by atoms with Crippen molar-refractivity contribution >= 4 is 12.0 Å². The van der Waals surface area contributed by atoms with E-state index in [1.54, 1.807) is 24.3 Å². The summed E-state index contributed by atoms with van der Waals surface area (Å²) in [4.78, 5) is 25.5. The molecule has 0 bridgehead atoms. The fraction of sp³-hybridized carbons (Fsp3) is 0.222. The van der Waals surface area contributed by atoms with Crippen LogP contribution in [0.1, 0.15) is 11.6 Å². The van der Waals surface area contributed by atoms with Crippen molar-refractivity contribution in [3.05, 3.63) is 60.2 Å². The van der Waals surface area contributed by atoms with Gasteiger partial charge in [0, 0.05) is 0 Å². The number of para-hydroxylation sites is 2. The third-order valence-corrected chi connectivity index (χ3v) is 3.75. The highest BCUT2D eigenvalue weighted by molar-refractivity contribution is 5.94. The number of ether oxygens (including phenoxy) is 3. The number of rotatable bonds is 5. The number of benzene rings is 2. The van der Waals surface area contributed by atoms with E-state index in [2.05, 4.69) is 0 Å². The highest BCUT2D eigenvalue weighted by Crippen LogP contribution is 2.29. The summed E-state index contributed by atoms with van der Waals surface area (Å²) in [5.41, 5.74) is 0.842. The van der Waals surface area contributed by atoms with Crippen LogP contribution < -0.4 is 9.47 Å². The first kappa shape index (κ1) is 15.9. The Kier molecular flexibility index (Phi) is 4.65. The van der Waals surface area contributed by atoms with Gasteiger partial charge in [-0.2, -0.15) is 0 Å². The van der Waals surface area contributed by atoms with Crippen molar-refractivity contribution in [2.24, 2.45) is 0 Å². The van der Waals surface area contributed by atoms with Gasteiger partial charge in [-0.05, 0) is 17.7 Å². The molecular weight excluding hydrogens is 310 g/mol. The third-order valence-electron chi connectivity index (χ3n) is 3.75. The Morgan fingerprint density at radius 2 is 1.79 bits per heavy atom. The van der Waals surface area contributed by atoms with E-state index >= 15 is 0 Å². The highest BCUT2D eigenvalue weighted by atomic mass is 16.6. The second kappa shape index (κ2) is 7.04. The molecule has 6 heteroatoms. The van der Waals surface area contributed by atoms with Crippen LogP contribution >= 0.6 is 0 Å². The van der Waals surface area contributed by atoms with Gasteiger partial charge in [0.1, 0.15) is 12.6 Å². The molecule has 0 N–H and O–H groups in total. The van der Waals surface area contributed by atoms with E-state index in [-0.39, 0.29) is 13.2 Å². The van der Waals surface area contributed by atoms with E-state index in [1.165, 1.54) is 7.11 Å². The van der Waals surface area contributed by atoms with E-state index < -0.39 is 18.0 Å². The molecule has 1 atom stereocenters. The zero-order valence-electron chi connectivity index (χ0n) is 13.2. The van der Waals surface area contributed by atoms with Gasteiger partial charge in [-0.15, -0.1) is 0 Å². The highest BCUT2D eigenvalue weighted by Gasteiger charge is 2.38. The smallest absolute Gasteiger partial charge is 0.417 e. The molecule has 124 valence electrons. The van der Waals surface area contributed by atoms with Crippen molar-refractivity contribution in [2.45, 2.75) is 6.04 Å². The van der Waals surface area contributed by atoms with Crippen LogP contribution in [0.2, 0.25) is 0 Å². The van der Waals surface area contributed by atoms with Crippen molar-refractivity contribution in [2.75, 3.05) is 20.3 Å². The van der Waals surface area contributed by atoms with Gasteiger partial charge in [-0.3, -0.25) is 4.79 Å². The average Bonchev–Trinajstić information content (AvgIpc) is 3.02.